The average Bonchev–Trinajstić information content (AvgIpc) is 3.44. The van der Waals surface area contributed by atoms with Gasteiger partial charge in [0.1, 0.15) is 5.75 Å². The number of benzene rings is 2. The first kappa shape index (κ1) is 19.0. The van der Waals surface area contributed by atoms with E-state index in [9.17, 15) is 0 Å². The summed E-state index contributed by atoms with van der Waals surface area (Å²) in [5.74, 6) is 2.56. The van der Waals surface area contributed by atoms with Gasteiger partial charge in [0.2, 0.25) is 6.79 Å². The highest BCUT2D eigenvalue weighted by atomic mass is 16.7. The van der Waals surface area contributed by atoms with Crippen LogP contribution in [0.3, 0.4) is 0 Å². The van der Waals surface area contributed by atoms with E-state index in [1.54, 1.807) is 7.11 Å². The van der Waals surface area contributed by atoms with Gasteiger partial charge in [-0.05, 0) is 42.0 Å². The Kier molecular flexibility index (Phi) is 5.29. The summed E-state index contributed by atoms with van der Waals surface area (Å²) in [6.07, 6.45) is 1.94. The molecule has 5 rings (SSSR count). The predicted molar refractivity (Wildman–Crippen MR) is 114 cm³/mol. The van der Waals surface area contributed by atoms with E-state index in [4.69, 9.17) is 14.2 Å². The van der Waals surface area contributed by atoms with Crippen molar-refractivity contribution < 1.29 is 14.2 Å². The van der Waals surface area contributed by atoms with Crippen LogP contribution in [0.1, 0.15) is 11.1 Å². The molecule has 0 spiro atoms. The van der Waals surface area contributed by atoms with Gasteiger partial charge in [-0.3, -0.25) is 14.9 Å². The van der Waals surface area contributed by atoms with Crippen LogP contribution in [0.5, 0.6) is 17.2 Å². The number of nitrogens with zero attached hydrogens (tertiary/aromatic N) is 3. The van der Waals surface area contributed by atoms with Crippen LogP contribution < -0.4 is 14.2 Å². The Morgan fingerprint density at radius 2 is 1.67 bits per heavy atom. The van der Waals surface area contributed by atoms with E-state index in [0.717, 1.165) is 67.8 Å². The van der Waals surface area contributed by atoms with E-state index in [2.05, 4.69) is 44.3 Å². The summed E-state index contributed by atoms with van der Waals surface area (Å²) in [4.78, 5) is 4.99. The Balaban J connectivity index is 1.17. The van der Waals surface area contributed by atoms with Crippen LogP contribution in [0.4, 0.5) is 0 Å². The number of methoxy groups -OCH3 is 1. The van der Waals surface area contributed by atoms with Crippen LogP contribution in [0.2, 0.25) is 0 Å². The number of nitrogens with one attached hydrogen (secondary N) is 1. The minimum atomic E-state index is 0.323. The minimum Gasteiger partial charge on any atom is -0.497 e. The fraction of sp³-hybridized carbons (Fsp3) is 0.348. The molecule has 2 aliphatic rings. The summed E-state index contributed by atoms with van der Waals surface area (Å²) in [6.45, 7) is 6.33. The van der Waals surface area contributed by atoms with Gasteiger partial charge in [-0.25, -0.2) is 0 Å². The SMILES string of the molecule is COc1ccc(-c2[nH]ncc2CN2CCN(Cc3ccc4c(c3)OCO4)CC2)cc1. The molecule has 0 atom stereocenters. The minimum absolute atomic E-state index is 0.323. The molecule has 156 valence electrons. The van der Waals surface area contributed by atoms with Crippen molar-refractivity contribution in [3.63, 3.8) is 0 Å². The first-order chi connectivity index (χ1) is 14.8. The first-order valence-corrected chi connectivity index (χ1v) is 10.3. The molecule has 1 saturated heterocycles. The van der Waals surface area contributed by atoms with E-state index in [-0.39, 0.29) is 0 Å². The second-order valence-corrected chi connectivity index (χ2v) is 7.74. The van der Waals surface area contributed by atoms with Crippen LogP contribution in [0.15, 0.2) is 48.7 Å². The Morgan fingerprint density at radius 3 is 2.43 bits per heavy atom. The Bertz CT molecular complexity index is 994. The lowest BCUT2D eigenvalue weighted by atomic mass is 10.1. The molecule has 1 fully saturated rings. The van der Waals surface area contributed by atoms with E-state index < -0.39 is 0 Å². The summed E-state index contributed by atoms with van der Waals surface area (Å²) in [5, 5.41) is 7.45. The third kappa shape index (κ3) is 3.99. The number of fused-ring (bicyclic) bond motifs is 1. The van der Waals surface area contributed by atoms with Gasteiger partial charge in [0.15, 0.2) is 11.5 Å². The van der Waals surface area contributed by atoms with E-state index in [1.165, 1.54) is 11.1 Å². The number of piperazine rings is 1. The van der Waals surface area contributed by atoms with Gasteiger partial charge < -0.3 is 14.2 Å². The maximum Gasteiger partial charge on any atom is 0.231 e. The third-order valence-corrected chi connectivity index (χ3v) is 5.80. The standard InChI is InChI=1S/C23H26N4O3/c1-28-20-5-3-18(4-6-20)23-19(13-24-25-23)15-27-10-8-26(9-11-27)14-17-2-7-21-22(12-17)30-16-29-21/h2-7,12-13H,8-11,14-16H2,1H3,(H,24,25). The molecule has 3 heterocycles. The second-order valence-electron chi connectivity index (χ2n) is 7.74. The molecule has 30 heavy (non-hydrogen) atoms. The Morgan fingerprint density at radius 1 is 0.933 bits per heavy atom. The van der Waals surface area contributed by atoms with Gasteiger partial charge >= 0.3 is 0 Å². The highest BCUT2D eigenvalue weighted by Crippen LogP contribution is 2.33. The molecule has 3 aromatic rings. The molecular formula is C23H26N4O3. The van der Waals surface area contributed by atoms with Crippen LogP contribution in [-0.4, -0.2) is 60.1 Å². The average molecular weight is 406 g/mol. The van der Waals surface area contributed by atoms with E-state index in [0.29, 0.717) is 6.79 Å². The third-order valence-electron chi connectivity index (χ3n) is 5.80. The number of rotatable bonds is 6. The zero-order chi connectivity index (χ0) is 20.3. The second kappa shape index (κ2) is 8.38. The topological polar surface area (TPSA) is 62.9 Å². The van der Waals surface area contributed by atoms with Crippen molar-refractivity contribution in [2.24, 2.45) is 0 Å². The van der Waals surface area contributed by atoms with Crippen molar-refractivity contribution in [3.8, 4) is 28.5 Å². The molecule has 1 aromatic heterocycles. The van der Waals surface area contributed by atoms with Crippen molar-refractivity contribution in [1.29, 1.82) is 0 Å². The lowest BCUT2D eigenvalue weighted by molar-refractivity contribution is 0.122. The Hall–Kier alpha value is -3.03. The zero-order valence-electron chi connectivity index (χ0n) is 17.1. The lowest BCUT2D eigenvalue weighted by Crippen LogP contribution is -2.45. The monoisotopic (exact) mass is 406 g/mol. The molecule has 2 aliphatic heterocycles. The highest BCUT2D eigenvalue weighted by Gasteiger charge is 2.20. The number of H-pyrrole nitrogens is 1. The molecular weight excluding hydrogens is 380 g/mol. The smallest absolute Gasteiger partial charge is 0.231 e. The molecule has 7 heteroatoms. The van der Waals surface area contributed by atoms with Gasteiger partial charge in [0, 0.05) is 50.4 Å². The van der Waals surface area contributed by atoms with E-state index in [1.807, 2.05) is 24.4 Å². The van der Waals surface area contributed by atoms with Crippen molar-refractivity contribution in [1.82, 2.24) is 20.0 Å². The largest absolute Gasteiger partial charge is 0.497 e. The molecule has 0 aliphatic carbocycles. The summed E-state index contributed by atoms with van der Waals surface area (Å²) in [5.41, 5.74) is 4.71. The fourth-order valence-electron chi connectivity index (χ4n) is 4.08. The number of aromatic nitrogens is 2. The molecule has 1 N–H and O–H groups in total. The van der Waals surface area contributed by atoms with Crippen molar-refractivity contribution in [2.45, 2.75) is 13.1 Å². The van der Waals surface area contributed by atoms with Gasteiger partial charge in [-0.15, -0.1) is 0 Å². The van der Waals surface area contributed by atoms with Gasteiger partial charge in [0.25, 0.3) is 0 Å². The van der Waals surface area contributed by atoms with Crippen molar-refractivity contribution >= 4 is 0 Å². The molecule has 7 nitrogen and oxygen atoms in total. The fourth-order valence-corrected chi connectivity index (χ4v) is 4.08. The summed E-state index contributed by atoms with van der Waals surface area (Å²) in [7, 11) is 1.68. The molecule has 0 amide bonds. The quantitative estimate of drug-likeness (QED) is 0.679. The maximum atomic E-state index is 5.50. The number of hydrogen-bond acceptors (Lipinski definition) is 6. The highest BCUT2D eigenvalue weighted by molar-refractivity contribution is 5.63. The normalized spacial score (nSPS) is 16.7. The van der Waals surface area contributed by atoms with Crippen LogP contribution in [0, 0.1) is 0 Å². The van der Waals surface area contributed by atoms with Crippen molar-refractivity contribution in [2.75, 3.05) is 40.1 Å². The molecule has 0 radical (unpaired) electrons. The maximum absolute atomic E-state index is 5.50. The Labute approximate surface area is 176 Å². The van der Waals surface area contributed by atoms with Crippen LogP contribution in [0.25, 0.3) is 11.3 Å². The predicted octanol–water partition coefficient (Wildman–Crippen LogP) is 3.13. The summed E-state index contributed by atoms with van der Waals surface area (Å²) >= 11 is 0. The van der Waals surface area contributed by atoms with Crippen molar-refractivity contribution in [3.05, 3.63) is 59.8 Å². The van der Waals surface area contributed by atoms with Crippen LogP contribution >= 0.6 is 0 Å². The van der Waals surface area contributed by atoms with Gasteiger partial charge in [0.05, 0.1) is 19.0 Å². The molecule has 0 unspecified atom stereocenters. The molecule has 2 aromatic carbocycles. The first-order valence-electron chi connectivity index (χ1n) is 10.3. The molecule has 0 bridgehead atoms. The van der Waals surface area contributed by atoms with Gasteiger partial charge in [-0.1, -0.05) is 6.07 Å². The number of hydrogen-bond donors (Lipinski definition) is 1. The number of ether oxygens (including phenoxy) is 3. The van der Waals surface area contributed by atoms with Crippen LogP contribution in [-0.2, 0) is 13.1 Å². The summed E-state index contributed by atoms with van der Waals surface area (Å²) in [6, 6.07) is 14.3. The lowest BCUT2D eigenvalue weighted by Gasteiger charge is -2.34. The van der Waals surface area contributed by atoms with E-state index >= 15 is 0 Å². The molecule has 0 saturated carbocycles. The van der Waals surface area contributed by atoms with Gasteiger partial charge in [-0.2, -0.15) is 5.10 Å². The zero-order valence-corrected chi connectivity index (χ0v) is 17.1. The summed E-state index contributed by atoms with van der Waals surface area (Å²) < 4.78 is 16.2. The number of aromatic amines is 1.